The smallest absolute Gasteiger partial charge is 0.421 e. The van der Waals surface area contributed by atoms with Gasteiger partial charge in [0.1, 0.15) is 0 Å². The molecule has 0 aromatic rings. The summed E-state index contributed by atoms with van der Waals surface area (Å²) in [6.45, 7) is 4.48. The van der Waals surface area contributed by atoms with Crippen LogP contribution in [0.1, 0.15) is 13.8 Å². The first kappa shape index (κ1) is 18.4. The van der Waals surface area contributed by atoms with Gasteiger partial charge in [-0.05, 0) is 13.8 Å². The normalized spacial score (nSPS) is 20.2. The summed E-state index contributed by atoms with van der Waals surface area (Å²) in [6, 6.07) is 0.0675. The van der Waals surface area contributed by atoms with Gasteiger partial charge in [0.05, 0.1) is 0 Å². The molecule has 0 aromatic carbocycles. The van der Waals surface area contributed by atoms with Crippen LogP contribution in [0.15, 0.2) is 0 Å². The summed E-state index contributed by atoms with van der Waals surface area (Å²) < 4.78 is 4.54. The van der Waals surface area contributed by atoms with Crippen LogP contribution in [0.5, 0.6) is 0 Å². The molecule has 1 heterocycles. The van der Waals surface area contributed by atoms with Crippen molar-refractivity contribution >= 4 is 70.5 Å². The van der Waals surface area contributed by atoms with E-state index in [0.29, 0.717) is 24.2 Å². The maximum absolute atomic E-state index is 12.1. The number of rotatable bonds is 3. The van der Waals surface area contributed by atoms with Gasteiger partial charge in [-0.2, -0.15) is 0 Å². The first-order valence-corrected chi connectivity index (χ1v) is 8.69. The first-order chi connectivity index (χ1) is 9.11. The van der Waals surface area contributed by atoms with Gasteiger partial charge in [-0.3, -0.25) is 9.10 Å². The molecule has 1 unspecified atom stereocenters. The molecule has 1 saturated heterocycles. The highest BCUT2D eigenvalue weighted by atomic mass is 35.6. The molecule has 1 aliphatic heterocycles. The molecular weight excluding hydrogens is 367 g/mol. The van der Waals surface area contributed by atoms with Crippen LogP contribution in [0.25, 0.3) is 0 Å². The molecule has 0 radical (unpaired) electrons. The number of amides is 2. The highest BCUT2D eigenvalue weighted by Crippen LogP contribution is 2.40. The maximum atomic E-state index is 12.1. The van der Waals surface area contributed by atoms with E-state index in [9.17, 15) is 9.59 Å². The van der Waals surface area contributed by atoms with Gasteiger partial charge in [0.25, 0.3) is 9.03 Å². The van der Waals surface area contributed by atoms with E-state index in [1.54, 1.807) is 4.90 Å². The minimum atomic E-state index is -1.67. The van der Waals surface area contributed by atoms with E-state index in [1.807, 2.05) is 13.8 Å². The number of alkyl halides is 3. The van der Waals surface area contributed by atoms with Crippen molar-refractivity contribution in [2.45, 2.75) is 28.4 Å². The standard InChI is InChI=1S/C10H15Cl3N2O3S2/c1-6(2)15-4-5-19-8(7(15)16)18-9(17)14(3)20-10(11,12)13/h6,8H,4-5H2,1-3H3. The van der Waals surface area contributed by atoms with E-state index >= 15 is 0 Å². The second-order valence-electron chi connectivity index (χ2n) is 4.25. The minimum Gasteiger partial charge on any atom is -0.424 e. The van der Waals surface area contributed by atoms with E-state index in [1.165, 1.54) is 18.8 Å². The fourth-order valence-corrected chi connectivity index (χ4v) is 3.83. The predicted molar refractivity (Wildman–Crippen MR) is 85.2 cm³/mol. The quantitative estimate of drug-likeness (QED) is 0.554. The Morgan fingerprint density at radius 2 is 2.15 bits per heavy atom. The Bertz CT molecular complexity index is 379. The number of hydrogen-bond donors (Lipinski definition) is 0. The third-order valence-corrected chi connectivity index (χ3v) is 4.68. The third kappa shape index (κ3) is 5.60. The Morgan fingerprint density at radius 3 is 2.65 bits per heavy atom. The van der Waals surface area contributed by atoms with Crippen LogP contribution in [0.3, 0.4) is 0 Å². The van der Waals surface area contributed by atoms with Crippen molar-refractivity contribution in [3.05, 3.63) is 0 Å². The topological polar surface area (TPSA) is 49.9 Å². The molecule has 0 saturated carbocycles. The number of carbonyl (C=O) groups excluding carboxylic acids is 2. The summed E-state index contributed by atoms with van der Waals surface area (Å²) in [4.78, 5) is 25.6. The van der Waals surface area contributed by atoms with E-state index < -0.39 is 14.7 Å². The molecule has 1 aliphatic rings. The average Bonchev–Trinajstić information content (AvgIpc) is 2.29. The van der Waals surface area contributed by atoms with Crippen LogP contribution in [-0.2, 0) is 9.53 Å². The van der Waals surface area contributed by atoms with Crippen molar-refractivity contribution in [3.8, 4) is 0 Å². The molecule has 0 aromatic heterocycles. The molecule has 20 heavy (non-hydrogen) atoms. The van der Waals surface area contributed by atoms with Crippen LogP contribution in [0, 0.1) is 0 Å². The molecule has 0 spiro atoms. The summed E-state index contributed by atoms with van der Waals surface area (Å²) in [7, 11) is 1.41. The number of carbonyl (C=O) groups is 2. The Kier molecular flexibility index (Phi) is 6.92. The van der Waals surface area contributed by atoms with Crippen molar-refractivity contribution in [2.24, 2.45) is 0 Å². The van der Waals surface area contributed by atoms with E-state index in [-0.39, 0.29) is 11.9 Å². The van der Waals surface area contributed by atoms with Gasteiger partial charge in [0, 0.05) is 37.3 Å². The summed E-state index contributed by atoms with van der Waals surface area (Å²) in [5.41, 5.74) is -0.850. The van der Waals surface area contributed by atoms with Gasteiger partial charge in [0.2, 0.25) is 5.44 Å². The molecule has 0 bridgehead atoms. The van der Waals surface area contributed by atoms with Gasteiger partial charge >= 0.3 is 6.09 Å². The average molecular weight is 382 g/mol. The second-order valence-corrected chi connectivity index (χ2v) is 9.71. The first-order valence-electron chi connectivity index (χ1n) is 5.74. The Morgan fingerprint density at radius 1 is 1.55 bits per heavy atom. The van der Waals surface area contributed by atoms with Crippen LogP contribution >= 0.6 is 58.5 Å². The molecule has 0 aliphatic carbocycles. The fraction of sp³-hybridized carbons (Fsp3) is 0.800. The monoisotopic (exact) mass is 380 g/mol. The Labute approximate surface area is 141 Å². The van der Waals surface area contributed by atoms with Crippen molar-refractivity contribution < 1.29 is 14.3 Å². The molecule has 2 amide bonds. The van der Waals surface area contributed by atoms with Gasteiger partial charge < -0.3 is 9.64 Å². The molecular formula is C10H15Cl3N2O3S2. The number of halogens is 3. The van der Waals surface area contributed by atoms with Crippen LogP contribution in [0.2, 0.25) is 0 Å². The lowest BCUT2D eigenvalue weighted by molar-refractivity contribution is -0.138. The summed E-state index contributed by atoms with van der Waals surface area (Å²) in [6.07, 6.45) is -0.724. The van der Waals surface area contributed by atoms with E-state index in [0.717, 1.165) is 4.31 Å². The van der Waals surface area contributed by atoms with Crippen LogP contribution in [-0.4, -0.2) is 55.2 Å². The number of nitrogens with zero attached hydrogens (tertiary/aromatic N) is 2. The van der Waals surface area contributed by atoms with Crippen molar-refractivity contribution in [1.82, 2.24) is 9.21 Å². The highest BCUT2D eigenvalue weighted by molar-refractivity contribution is 8.03. The van der Waals surface area contributed by atoms with Gasteiger partial charge in [0.15, 0.2) is 0 Å². The summed E-state index contributed by atoms with van der Waals surface area (Å²) in [5.74, 6) is 0.500. The maximum Gasteiger partial charge on any atom is 0.421 e. The molecule has 1 fully saturated rings. The van der Waals surface area contributed by atoms with Crippen molar-refractivity contribution in [2.75, 3.05) is 19.3 Å². The van der Waals surface area contributed by atoms with Crippen molar-refractivity contribution in [1.29, 1.82) is 0 Å². The lowest BCUT2D eigenvalue weighted by Crippen LogP contribution is -2.49. The Hall–Kier alpha value is 0.310. The number of thioether (sulfide) groups is 1. The fourth-order valence-electron chi connectivity index (χ4n) is 1.53. The van der Waals surface area contributed by atoms with Crippen LogP contribution in [0.4, 0.5) is 4.79 Å². The lowest BCUT2D eigenvalue weighted by Gasteiger charge is -2.34. The molecule has 1 rings (SSSR count). The second kappa shape index (κ2) is 7.54. The third-order valence-electron chi connectivity index (χ3n) is 2.41. The molecule has 5 nitrogen and oxygen atoms in total. The van der Waals surface area contributed by atoms with E-state index in [4.69, 9.17) is 39.5 Å². The predicted octanol–water partition coefficient (Wildman–Crippen LogP) is 3.34. The lowest BCUT2D eigenvalue weighted by atomic mass is 10.3. The van der Waals surface area contributed by atoms with Crippen LogP contribution < -0.4 is 0 Å². The van der Waals surface area contributed by atoms with Gasteiger partial charge in [-0.15, -0.1) is 11.8 Å². The number of hydrogen-bond acceptors (Lipinski definition) is 5. The zero-order valence-corrected chi connectivity index (χ0v) is 15.0. The van der Waals surface area contributed by atoms with Crippen molar-refractivity contribution in [3.63, 3.8) is 0 Å². The molecule has 10 heteroatoms. The van der Waals surface area contributed by atoms with Gasteiger partial charge in [-0.1, -0.05) is 34.8 Å². The summed E-state index contributed by atoms with van der Waals surface area (Å²) >= 11 is 18.7. The highest BCUT2D eigenvalue weighted by Gasteiger charge is 2.35. The zero-order valence-electron chi connectivity index (χ0n) is 11.1. The minimum absolute atomic E-state index is 0.0675. The molecule has 116 valence electrons. The number of ether oxygens (including phenoxy) is 1. The zero-order chi connectivity index (χ0) is 15.5. The summed E-state index contributed by atoms with van der Waals surface area (Å²) in [5, 5.41) is 0. The Balaban J connectivity index is 2.59. The van der Waals surface area contributed by atoms with Gasteiger partial charge in [-0.25, -0.2) is 4.79 Å². The molecule has 1 atom stereocenters. The largest absolute Gasteiger partial charge is 0.424 e. The molecule has 0 N–H and O–H groups in total. The SMILES string of the molecule is CC(C)N1CCSC(OC(=O)N(C)SC(Cl)(Cl)Cl)C1=O. The van der Waals surface area contributed by atoms with E-state index in [2.05, 4.69) is 0 Å².